The molecule has 9 heteroatoms. The van der Waals surface area contributed by atoms with E-state index in [1.165, 1.54) is 42.9 Å². The number of hydrogen-bond acceptors (Lipinski definition) is 6. The fraction of sp³-hybridized carbons (Fsp3) is 0.0435. The molecule has 0 aliphatic carbocycles. The SMILES string of the molecule is Cc1cnc(O)cc1-c1ccncc1NC(=O)c1nc(-c2c(F)cccc2F)ccc1N. The van der Waals surface area contributed by atoms with Gasteiger partial charge in [-0.15, -0.1) is 0 Å². The zero-order valence-electron chi connectivity index (χ0n) is 16.8. The molecule has 0 saturated carbocycles. The van der Waals surface area contributed by atoms with E-state index in [4.69, 9.17) is 5.73 Å². The first-order chi connectivity index (χ1) is 15.3. The van der Waals surface area contributed by atoms with E-state index in [0.717, 1.165) is 17.7 Å². The number of carbonyl (C=O) groups is 1. The van der Waals surface area contributed by atoms with Crippen LogP contribution in [0.4, 0.5) is 20.2 Å². The second kappa shape index (κ2) is 8.38. The normalized spacial score (nSPS) is 10.7. The van der Waals surface area contributed by atoms with Crippen LogP contribution in [0.25, 0.3) is 22.4 Å². The number of aromatic hydroxyl groups is 1. The Balaban J connectivity index is 1.73. The highest BCUT2D eigenvalue weighted by Crippen LogP contribution is 2.32. The molecular formula is C23H17F2N5O2. The van der Waals surface area contributed by atoms with Crippen molar-refractivity contribution in [3.63, 3.8) is 0 Å². The predicted molar refractivity (Wildman–Crippen MR) is 116 cm³/mol. The first-order valence-corrected chi connectivity index (χ1v) is 9.47. The van der Waals surface area contributed by atoms with E-state index in [-0.39, 0.29) is 28.5 Å². The summed E-state index contributed by atoms with van der Waals surface area (Å²) in [4.78, 5) is 25.0. The highest BCUT2D eigenvalue weighted by Gasteiger charge is 2.19. The highest BCUT2D eigenvalue weighted by molar-refractivity contribution is 6.08. The Bertz CT molecular complexity index is 1320. The molecule has 0 bridgehead atoms. The number of aromatic nitrogens is 3. The third-order valence-corrected chi connectivity index (χ3v) is 4.81. The van der Waals surface area contributed by atoms with Crippen molar-refractivity contribution in [2.24, 2.45) is 0 Å². The van der Waals surface area contributed by atoms with Gasteiger partial charge in [-0.25, -0.2) is 18.7 Å². The van der Waals surface area contributed by atoms with Crippen LogP contribution in [0.5, 0.6) is 5.88 Å². The molecule has 0 radical (unpaired) electrons. The smallest absolute Gasteiger partial charge is 0.276 e. The van der Waals surface area contributed by atoms with E-state index < -0.39 is 17.5 Å². The number of benzene rings is 1. The van der Waals surface area contributed by atoms with E-state index in [2.05, 4.69) is 20.3 Å². The van der Waals surface area contributed by atoms with Crippen molar-refractivity contribution in [3.05, 3.63) is 83.9 Å². The van der Waals surface area contributed by atoms with Crippen LogP contribution in [0, 0.1) is 18.6 Å². The van der Waals surface area contributed by atoms with Crippen LogP contribution in [0.2, 0.25) is 0 Å². The lowest BCUT2D eigenvalue weighted by Gasteiger charge is -2.14. The van der Waals surface area contributed by atoms with Crippen LogP contribution >= 0.6 is 0 Å². The van der Waals surface area contributed by atoms with E-state index >= 15 is 0 Å². The van der Waals surface area contributed by atoms with Gasteiger partial charge in [0.2, 0.25) is 5.88 Å². The molecule has 0 saturated heterocycles. The lowest BCUT2D eigenvalue weighted by atomic mass is 10.0. The lowest BCUT2D eigenvalue weighted by Crippen LogP contribution is -2.17. The average Bonchev–Trinajstić information content (AvgIpc) is 2.77. The van der Waals surface area contributed by atoms with Crippen LogP contribution in [0.15, 0.2) is 61.1 Å². The number of amides is 1. The molecule has 32 heavy (non-hydrogen) atoms. The number of anilines is 2. The molecule has 1 aromatic carbocycles. The summed E-state index contributed by atoms with van der Waals surface area (Å²) in [6, 6.07) is 9.27. The van der Waals surface area contributed by atoms with Crippen molar-refractivity contribution in [2.45, 2.75) is 6.92 Å². The molecule has 7 nitrogen and oxygen atoms in total. The number of nitrogens with two attached hydrogens (primary N) is 1. The Labute approximate surface area is 181 Å². The van der Waals surface area contributed by atoms with Crippen molar-refractivity contribution in [1.29, 1.82) is 0 Å². The number of nitrogen functional groups attached to an aromatic ring is 1. The molecule has 160 valence electrons. The summed E-state index contributed by atoms with van der Waals surface area (Å²) in [6.07, 6.45) is 4.47. The Morgan fingerprint density at radius 1 is 1.06 bits per heavy atom. The van der Waals surface area contributed by atoms with Crippen LogP contribution < -0.4 is 11.1 Å². The van der Waals surface area contributed by atoms with Gasteiger partial charge in [-0.2, -0.15) is 0 Å². The summed E-state index contributed by atoms with van der Waals surface area (Å²) in [6.45, 7) is 1.81. The number of nitrogens with zero attached hydrogens (tertiary/aromatic N) is 3. The predicted octanol–water partition coefficient (Wildman–Crippen LogP) is 4.33. The number of aryl methyl sites for hydroxylation is 1. The molecule has 4 rings (SSSR count). The topological polar surface area (TPSA) is 114 Å². The quantitative estimate of drug-likeness (QED) is 0.441. The maximum absolute atomic E-state index is 14.2. The molecule has 1 amide bonds. The van der Waals surface area contributed by atoms with Gasteiger partial charge in [-0.1, -0.05) is 6.07 Å². The van der Waals surface area contributed by atoms with Crippen molar-refractivity contribution in [1.82, 2.24) is 15.0 Å². The monoisotopic (exact) mass is 433 g/mol. The molecule has 3 aromatic heterocycles. The zero-order valence-corrected chi connectivity index (χ0v) is 16.8. The third-order valence-electron chi connectivity index (χ3n) is 4.81. The van der Waals surface area contributed by atoms with Gasteiger partial charge in [0.15, 0.2) is 5.69 Å². The molecule has 4 aromatic rings. The standard InChI is InChI=1S/C23H17F2N5O2/c1-12-10-28-20(31)9-14(12)13-7-8-27-11-19(13)30-23(32)22-17(26)5-6-18(29-22)21-15(24)3-2-4-16(21)25/h2-11H,26H2,1H3,(H,28,31)(H,30,32). The van der Waals surface area contributed by atoms with Gasteiger partial charge < -0.3 is 16.2 Å². The summed E-state index contributed by atoms with van der Waals surface area (Å²) in [5, 5.41) is 12.5. The van der Waals surface area contributed by atoms with E-state index in [0.29, 0.717) is 16.8 Å². The van der Waals surface area contributed by atoms with Crippen molar-refractivity contribution < 1.29 is 18.7 Å². The van der Waals surface area contributed by atoms with Crippen LogP contribution in [0.1, 0.15) is 16.1 Å². The number of pyridine rings is 3. The molecular weight excluding hydrogens is 416 g/mol. The van der Waals surface area contributed by atoms with Crippen molar-refractivity contribution in [3.8, 4) is 28.3 Å². The third kappa shape index (κ3) is 3.95. The van der Waals surface area contributed by atoms with Gasteiger partial charge in [0, 0.05) is 24.0 Å². The minimum absolute atomic E-state index is 0.0335. The summed E-state index contributed by atoms with van der Waals surface area (Å²) < 4.78 is 28.4. The fourth-order valence-corrected chi connectivity index (χ4v) is 3.25. The first kappa shape index (κ1) is 20.9. The van der Waals surface area contributed by atoms with Gasteiger partial charge in [-0.3, -0.25) is 9.78 Å². The molecule has 0 atom stereocenters. The Kier molecular flexibility index (Phi) is 5.46. The fourth-order valence-electron chi connectivity index (χ4n) is 3.25. The molecule has 0 aliphatic heterocycles. The van der Waals surface area contributed by atoms with E-state index in [1.54, 1.807) is 13.0 Å². The molecule has 0 spiro atoms. The Morgan fingerprint density at radius 3 is 2.56 bits per heavy atom. The first-order valence-electron chi connectivity index (χ1n) is 9.47. The summed E-state index contributed by atoms with van der Waals surface area (Å²) in [7, 11) is 0. The Morgan fingerprint density at radius 2 is 1.81 bits per heavy atom. The molecule has 3 heterocycles. The second-order valence-electron chi connectivity index (χ2n) is 6.96. The molecule has 4 N–H and O–H groups in total. The largest absolute Gasteiger partial charge is 0.493 e. The van der Waals surface area contributed by atoms with Gasteiger partial charge in [0.05, 0.1) is 28.8 Å². The highest BCUT2D eigenvalue weighted by atomic mass is 19.1. The maximum atomic E-state index is 14.2. The average molecular weight is 433 g/mol. The van der Waals surface area contributed by atoms with Gasteiger partial charge in [-0.05, 0) is 48.4 Å². The van der Waals surface area contributed by atoms with E-state index in [1.807, 2.05) is 0 Å². The van der Waals surface area contributed by atoms with Crippen LogP contribution in [0.3, 0.4) is 0 Å². The number of nitrogens with one attached hydrogen (secondary N) is 1. The van der Waals surface area contributed by atoms with Crippen molar-refractivity contribution >= 4 is 17.3 Å². The summed E-state index contributed by atoms with van der Waals surface area (Å²) in [5.74, 6) is -2.48. The molecule has 0 unspecified atom stereocenters. The number of rotatable bonds is 4. The van der Waals surface area contributed by atoms with Gasteiger partial charge in [0.1, 0.15) is 11.6 Å². The lowest BCUT2D eigenvalue weighted by molar-refractivity contribution is 0.102. The molecule has 0 aliphatic rings. The Hall–Kier alpha value is -4.40. The molecule has 0 fully saturated rings. The van der Waals surface area contributed by atoms with Crippen LogP contribution in [-0.4, -0.2) is 26.0 Å². The van der Waals surface area contributed by atoms with Crippen LogP contribution in [-0.2, 0) is 0 Å². The second-order valence-corrected chi connectivity index (χ2v) is 6.96. The maximum Gasteiger partial charge on any atom is 0.276 e. The zero-order chi connectivity index (χ0) is 22.8. The van der Waals surface area contributed by atoms with E-state index in [9.17, 15) is 18.7 Å². The number of hydrogen-bond donors (Lipinski definition) is 3. The van der Waals surface area contributed by atoms with Gasteiger partial charge in [0.25, 0.3) is 5.91 Å². The van der Waals surface area contributed by atoms with Gasteiger partial charge >= 0.3 is 0 Å². The minimum atomic E-state index is -0.809. The number of halogens is 2. The van der Waals surface area contributed by atoms with Crippen molar-refractivity contribution in [2.75, 3.05) is 11.1 Å². The summed E-state index contributed by atoms with van der Waals surface area (Å²) >= 11 is 0. The summed E-state index contributed by atoms with van der Waals surface area (Å²) in [5.41, 5.74) is 7.64. The minimum Gasteiger partial charge on any atom is -0.493 e. The number of carbonyl (C=O) groups excluding carboxylic acids is 1.